The van der Waals surface area contributed by atoms with Crippen LogP contribution >= 0.6 is 0 Å². The third-order valence-electron chi connectivity index (χ3n) is 3.51. The number of fused-ring (bicyclic) bond motifs is 1. The van der Waals surface area contributed by atoms with Crippen LogP contribution in [0, 0.1) is 12.7 Å². The molecule has 0 bridgehead atoms. The number of hydrogen-bond acceptors (Lipinski definition) is 4. The molecule has 1 aromatic heterocycles. The van der Waals surface area contributed by atoms with Crippen molar-refractivity contribution in [3.8, 4) is 0 Å². The van der Waals surface area contributed by atoms with Crippen LogP contribution in [0.25, 0.3) is 11.0 Å². The van der Waals surface area contributed by atoms with Gasteiger partial charge in [-0.3, -0.25) is 4.79 Å². The summed E-state index contributed by atoms with van der Waals surface area (Å²) in [5, 5.41) is 3.14. The molecule has 1 N–H and O–H groups in total. The van der Waals surface area contributed by atoms with Gasteiger partial charge in [-0.15, -0.1) is 0 Å². The Morgan fingerprint density at radius 1 is 1.12 bits per heavy atom. The summed E-state index contributed by atoms with van der Waals surface area (Å²) < 4.78 is 23.9. The first-order valence-electron chi connectivity index (χ1n) is 7.26. The van der Waals surface area contributed by atoms with Crippen LogP contribution in [0.3, 0.4) is 0 Å². The van der Waals surface area contributed by atoms with Crippen LogP contribution in [0.2, 0.25) is 0 Å². The van der Waals surface area contributed by atoms with Crippen LogP contribution in [-0.2, 0) is 9.53 Å². The van der Waals surface area contributed by atoms with Crippen molar-refractivity contribution in [1.29, 1.82) is 0 Å². The number of carbonyl (C=O) groups is 2. The van der Waals surface area contributed by atoms with Crippen molar-refractivity contribution in [2.45, 2.75) is 6.92 Å². The van der Waals surface area contributed by atoms with Crippen LogP contribution in [0.5, 0.6) is 0 Å². The number of nitrogens with one attached hydrogen (secondary N) is 1. The zero-order valence-electron chi connectivity index (χ0n) is 12.8. The molecule has 0 unspecified atom stereocenters. The van der Waals surface area contributed by atoms with Crippen molar-refractivity contribution in [2.24, 2.45) is 0 Å². The lowest BCUT2D eigenvalue weighted by Crippen LogP contribution is -2.21. The number of anilines is 1. The predicted molar refractivity (Wildman–Crippen MR) is 86.3 cm³/mol. The Kier molecular flexibility index (Phi) is 4.29. The number of halogens is 1. The highest BCUT2D eigenvalue weighted by atomic mass is 19.1. The molecule has 24 heavy (non-hydrogen) atoms. The molecule has 0 aliphatic carbocycles. The van der Waals surface area contributed by atoms with Gasteiger partial charge in [0, 0.05) is 10.9 Å². The lowest BCUT2D eigenvalue weighted by atomic mass is 10.1. The smallest absolute Gasteiger partial charge is 0.375 e. The molecule has 0 aliphatic rings. The van der Waals surface area contributed by atoms with Gasteiger partial charge in [0.2, 0.25) is 5.76 Å². The number of benzene rings is 2. The van der Waals surface area contributed by atoms with Crippen molar-refractivity contribution < 1.29 is 23.1 Å². The number of hydrogen-bond donors (Lipinski definition) is 1. The Morgan fingerprint density at radius 3 is 2.58 bits per heavy atom. The van der Waals surface area contributed by atoms with E-state index in [9.17, 15) is 14.0 Å². The predicted octanol–water partition coefficient (Wildman–Crippen LogP) is 3.68. The molecule has 2 aromatic carbocycles. The van der Waals surface area contributed by atoms with Crippen molar-refractivity contribution in [3.05, 3.63) is 65.7 Å². The minimum Gasteiger partial charge on any atom is -0.450 e. The van der Waals surface area contributed by atoms with E-state index < -0.39 is 24.3 Å². The minimum atomic E-state index is -0.743. The molecule has 0 fully saturated rings. The topological polar surface area (TPSA) is 68.5 Å². The fraction of sp³-hybridized carbons (Fsp3) is 0.111. The van der Waals surface area contributed by atoms with E-state index in [1.165, 1.54) is 18.2 Å². The summed E-state index contributed by atoms with van der Waals surface area (Å²) in [5.41, 5.74) is 1.24. The molecule has 0 atom stereocenters. The second kappa shape index (κ2) is 6.54. The van der Waals surface area contributed by atoms with Crippen molar-refractivity contribution in [3.63, 3.8) is 0 Å². The largest absolute Gasteiger partial charge is 0.450 e. The molecule has 1 amide bonds. The Morgan fingerprint density at radius 2 is 1.83 bits per heavy atom. The molecule has 1 heterocycles. The zero-order valence-corrected chi connectivity index (χ0v) is 12.8. The quantitative estimate of drug-likeness (QED) is 0.742. The Balaban J connectivity index is 1.65. The standard InChI is InChI=1S/C18H14FNO4/c1-11-12-6-2-5-9-15(12)24-17(11)18(22)23-10-16(21)20-14-8-4-3-7-13(14)19/h2-9H,10H2,1H3,(H,20,21). The van der Waals surface area contributed by atoms with Crippen LogP contribution in [0.4, 0.5) is 10.1 Å². The van der Waals surface area contributed by atoms with E-state index in [1.54, 1.807) is 25.1 Å². The van der Waals surface area contributed by atoms with Gasteiger partial charge in [0.25, 0.3) is 5.91 Å². The Hall–Kier alpha value is -3.15. The number of furan rings is 1. The normalized spacial score (nSPS) is 10.6. The van der Waals surface area contributed by atoms with Crippen molar-refractivity contribution in [1.82, 2.24) is 0 Å². The van der Waals surface area contributed by atoms with E-state index in [0.717, 1.165) is 5.39 Å². The van der Waals surface area contributed by atoms with Gasteiger partial charge in [-0.2, -0.15) is 0 Å². The Labute approximate surface area is 137 Å². The van der Waals surface area contributed by atoms with Gasteiger partial charge in [0.1, 0.15) is 11.4 Å². The Bertz CT molecular complexity index is 916. The summed E-state index contributed by atoms with van der Waals surface area (Å²) in [4.78, 5) is 23.9. The average molecular weight is 327 g/mol. The summed E-state index contributed by atoms with van der Waals surface area (Å²) in [6, 6.07) is 12.9. The zero-order chi connectivity index (χ0) is 17.1. The highest BCUT2D eigenvalue weighted by Gasteiger charge is 2.20. The van der Waals surface area contributed by atoms with Crippen LogP contribution in [-0.4, -0.2) is 18.5 Å². The fourth-order valence-electron chi connectivity index (χ4n) is 2.31. The first-order valence-corrected chi connectivity index (χ1v) is 7.26. The highest BCUT2D eigenvalue weighted by Crippen LogP contribution is 2.25. The molecular weight excluding hydrogens is 313 g/mol. The van der Waals surface area contributed by atoms with E-state index in [4.69, 9.17) is 9.15 Å². The maximum Gasteiger partial charge on any atom is 0.375 e. The number of carbonyl (C=O) groups excluding carboxylic acids is 2. The summed E-state index contributed by atoms with van der Waals surface area (Å²) in [5.74, 6) is -1.89. The van der Waals surface area contributed by atoms with Crippen LogP contribution in [0.1, 0.15) is 16.1 Å². The van der Waals surface area contributed by atoms with E-state index in [-0.39, 0.29) is 11.4 Å². The van der Waals surface area contributed by atoms with E-state index >= 15 is 0 Å². The SMILES string of the molecule is Cc1c(C(=O)OCC(=O)Nc2ccccc2F)oc2ccccc12. The number of rotatable bonds is 4. The third-order valence-corrected chi connectivity index (χ3v) is 3.51. The summed E-state index contributed by atoms with van der Waals surface area (Å²) in [6.45, 7) is 1.20. The number of ether oxygens (including phenoxy) is 1. The summed E-state index contributed by atoms with van der Waals surface area (Å²) in [7, 11) is 0. The van der Waals surface area contributed by atoms with Crippen LogP contribution < -0.4 is 5.32 Å². The van der Waals surface area contributed by atoms with E-state index in [0.29, 0.717) is 11.1 Å². The number of esters is 1. The lowest BCUT2D eigenvalue weighted by molar-refractivity contribution is -0.119. The lowest BCUT2D eigenvalue weighted by Gasteiger charge is -2.06. The fourth-order valence-corrected chi connectivity index (χ4v) is 2.31. The number of amides is 1. The number of para-hydroxylation sites is 2. The molecule has 5 nitrogen and oxygen atoms in total. The first-order chi connectivity index (χ1) is 11.6. The molecule has 0 aliphatic heterocycles. The van der Waals surface area contributed by atoms with Crippen LogP contribution in [0.15, 0.2) is 52.9 Å². The van der Waals surface area contributed by atoms with E-state index in [2.05, 4.69) is 5.32 Å². The van der Waals surface area contributed by atoms with Gasteiger partial charge < -0.3 is 14.5 Å². The molecule has 3 rings (SSSR count). The second-order valence-electron chi connectivity index (χ2n) is 5.16. The molecule has 6 heteroatoms. The summed E-state index contributed by atoms with van der Waals surface area (Å²) in [6.07, 6.45) is 0. The second-order valence-corrected chi connectivity index (χ2v) is 5.16. The average Bonchev–Trinajstić information content (AvgIpc) is 2.92. The minimum absolute atomic E-state index is 0.0264. The van der Waals surface area contributed by atoms with Gasteiger partial charge in [-0.25, -0.2) is 9.18 Å². The maximum absolute atomic E-state index is 13.4. The molecular formula is C18H14FNO4. The summed E-state index contributed by atoms with van der Waals surface area (Å²) >= 11 is 0. The van der Waals surface area contributed by atoms with Crippen molar-refractivity contribution >= 4 is 28.5 Å². The monoisotopic (exact) mass is 327 g/mol. The number of aryl methyl sites for hydroxylation is 1. The van der Waals surface area contributed by atoms with Gasteiger partial charge in [0.05, 0.1) is 5.69 Å². The molecule has 0 radical (unpaired) electrons. The molecule has 122 valence electrons. The third kappa shape index (κ3) is 3.12. The molecule has 0 spiro atoms. The van der Waals surface area contributed by atoms with Gasteiger partial charge in [-0.1, -0.05) is 30.3 Å². The maximum atomic E-state index is 13.4. The first kappa shape index (κ1) is 15.7. The highest BCUT2D eigenvalue weighted by molar-refractivity contribution is 5.98. The molecule has 0 saturated heterocycles. The van der Waals surface area contributed by atoms with E-state index in [1.807, 2.05) is 12.1 Å². The van der Waals surface area contributed by atoms with Gasteiger partial charge in [0.15, 0.2) is 6.61 Å². The van der Waals surface area contributed by atoms with Gasteiger partial charge in [-0.05, 0) is 25.1 Å². The molecule has 3 aromatic rings. The van der Waals surface area contributed by atoms with Gasteiger partial charge >= 0.3 is 5.97 Å². The van der Waals surface area contributed by atoms with Crippen molar-refractivity contribution in [2.75, 3.05) is 11.9 Å². The molecule has 0 saturated carbocycles.